The summed E-state index contributed by atoms with van der Waals surface area (Å²) in [5.41, 5.74) is 0. The Balaban J connectivity index is 0. The molecule has 0 aliphatic heterocycles. The Bertz CT molecular complexity index is 240. The van der Waals surface area contributed by atoms with E-state index in [0.717, 1.165) is 6.08 Å². The first-order valence-corrected chi connectivity index (χ1v) is 9.02. The third kappa shape index (κ3) is 24.2. The standard InChI is InChI=1S/C14H31N.C5H8O2/c1-4-5-6-7-8-9-10-11-12-13-14-15(2)3;1-3-5(6)7-4-2/h4-14H2,1-3H3;3H,1,4H2,2H3. The van der Waals surface area contributed by atoms with Gasteiger partial charge in [-0.3, -0.25) is 0 Å². The zero-order valence-electron chi connectivity index (χ0n) is 15.5. The van der Waals surface area contributed by atoms with Crippen molar-refractivity contribution < 1.29 is 9.53 Å². The molecule has 0 N–H and O–H groups in total. The molecule has 0 aromatic heterocycles. The molecule has 0 bridgehead atoms. The summed E-state index contributed by atoms with van der Waals surface area (Å²) in [6.07, 6.45) is 15.5. The molecule has 3 heteroatoms. The first kappa shape index (κ1) is 23.4. The molecular formula is C19H39NO2. The molecule has 0 radical (unpaired) electrons. The number of nitrogens with zero attached hydrogens (tertiary/aromatic N) is 1. The highest BCUT2D eigenvalue weighted by atomic mass is 16.5. The van der Waals surface area contributed by atoms with Crippen LogP contribution in [-0.4, -0.2) is 38.1 Å². The molecule has 3 nitrogen and oxygen atoms in total. The highest BCUT2D eigenvalue weighted by molar-refractivity contribution is 5.81. The van der Waals surface area contributed by atoms with Crippen LogP contribution in [0.2, 0.25) is 0 Å². The van der Waals surface area contributed by atoms with E-state index < -0.39 is 0 Å². The average Bonchev–Trinajstić information content (AvgIpc) is 2.49. The van der Waals surface area contributed by atoms with Gasteiger partial charge in [0.15, 0.2) is 0 Å². The molecule has 0 rings (SSSR count). The fourth-order valence-electron chi connectivity index (χ4n) is 2.12. The van der Waals surface area contributed by atoms with Crippen LogP contribution in [0.25, 0.3) is 0 Å². The lowest BCUT2D eigenvalue weighted by Gasteiger charge is -2.08. The van der Waals surface area contributed by atoms with Gasteiger partial charge in [-0.05, 0) is 34.0 Å². The number of carbonyl (C=O) groups is 1. The average molecular weight is 314 g/mol. The predicted molar refractivity (Wildman–Crippen MR) is 97.2 cm³/mol. The molecular weight excluding hydrogens is 274 g/mol. The largest absolute Gasteiger partial charge is 0.463 e. The molecule has 0 fully saturated rings. The van der Waals surface area contributed by atoms with E-state index in [2.05, 4.69) is 37.2 Å². The van der Waals surface area contributed by atoms with Crippen molar-refractivity contribution in [2.45, 2.75) is 78.1 Å². The summed E-state index contributed by atoms with van der Waals surface area (Å²) in [5, 5.41) is 0. The molecule has 0 saturated carbocycles. The molecule has 0 spiro atoms. The van der Waals surface area contributed by atoms with Crippen molar-refractivity contribution in [2.75, 3.05) is 27.2 Å². The number of hydrogen-bond donors (Lipinski definition) is 0. The number of unbranched alkanes of at least 4 members (excludes halogenated alkanes) is 9. The fourth-order valence-corrected chi connectivity index (χ4v) is 2.12. The number of esters is 1. The van der Waals surface area contributed by atoms with Gasteiger partial charge < -0.3 is 9.64 Å². The van der Waals surface area contributed by atoms with Gasteiger partial charge in [0, 0.05) is 6.08 Å². The molecule has 132 valence electrons. The topological polar surface area (TPSA) is 29.5 Å². The van der Waals surface area contributed by atoms with Crippen LogP contribution in [0.1, 0.15) is 78.1 Å². The highest BCUT2D eigenvalue weighted by Gasteiger charge is 1.93. The van der Waals surface area contributed by atoms with E-state index in [1.165, 1.54) is 70.8 Å². The maximum atomic E-state index is 10.1. The summed E-state index contributed by atoms with van der Waals surface area (Å²) >= 11 is 0. The second-order valence-corrected chi connectivity index (χ2v) is 5.94. The van der Waals surface area contributed by atoms with Gasteiger partial charge in [0.25, 0.3) is 0 Å². The van der Waals surface area contributed by atoms with E-state index in [1.54, 1.807) is 6.92 Å². The Morgan fingerprint density at radius 1 is 0.909 bits per heavy atom. The monoisotopic (exact) mass is 313 g/mol. The van der Waals surface area contributed by atoms with Crippen molar-refractivity contribution >= 4 is 5.97 Å². The minimum atomic E-state index is -0.359. The van der Waals surface area contributed by atoms with Crippen molar-refractivity contribution in [3.63, 3.8) is 0 Å². The van der Waals surface area contributed by atoms with Crippen molar-refractivity contribution in [3.05, 3.63) is 12.7 Å². The number of hydrogen-bond acceptors (Lipinski definition) is 3. The van der Waals surface area contributed by atoms with E-state index in [9.17, 15) is 4.79 Å². The first-order valence-electron chi connectivity index (χ1n) is 9.02. The van der Waals surface area contributed by atoms with Crippen LogP contribution in [0, 0.1) is 0 Å². The van der Waals surface area contributed by atoms with E-state index in [0.29, 0.717) is 6.61 Å². The van der Waals surface area contributed by atoms with Crippen molar-refractivity contribution in [1.29, 1.82) is 0 Å². The number of carbonyl (C=O) groups excluding carboxylic acids is 1. The van der Waals surface area contributed by atoms with Crippen LogP contribution in [0.4, 0.5) is 0 Å². The third-order valence-electron chi connectivity index (χ3n) is 3.41. The Hall–Kier alpha value is -0.830. The van der Waals surface area contributed by atoms with Crippen molar-refractivity contribution in [2.24, 2.45) is 0 Å². The predicted octanol–water partition coefficient (Wildman–Crippen LogP) is 5.20. The molecule has 0 unspecified atom stereocenters. The van der Waals surface area contributed by atoms with Gasteiger partial charge in [-0.1, -0.05) is 71.3 Å². The van der Waals surface area contributed by atoms with E-state index in [-0.39, 0.29) is 5.97 Å². The lowest BCUT2D eigenvalue weighted by molar-refractivity contribution is -0.137. The van der Waals surface area contributed by atoms with Crippen LogP contribution in [0.3, 0.4) is 0 Å². The van der Waals surface area contributed by atoms with Gasteiger partial charge in [0.2, 0.25) is 0 Å². The van der Waals surface area contributed by atoms with Gasteiger partial charge in [-0.25, -0.2) is 4.79 Å². The molecule has 22 heavy (non-hydrogen) atoms. The van der Waals surface area contributed by atoms with Gasteiger partial charge in [-0.15, -0.1) is 0 Å². The maximum absolute atomic E-state index is 10.1. The molecule has 0 amide bonds. The van der Waals surface area contributed by atoms with Crippen molar-refractivity contribution in [3.8, 4) is 0 Å². The minimum absolute atomic E-state index is 0.359. The Kier molecular flexibility index (Phi) is 21.5. The van der Waals surface area contributed by atoms with Crippen LogP contribution in [0.5, 0.6) is 0 Å². The second kappa shape index (κ2) is 20.2. The molecule has 0 aliphatic carbocycles. The lowest BCUT2D eigenvalue weighted by Crippen LogP contribution is -2.12. The second-order valence-electron chi connectivity index (χ2n) is 5.94. The van der Waals surface area contributed by atoms with E-state index in [1.807, 2.05) is 0 Å². The summed E-state index contributed by atoms with van der Waals surface area (Å²) in [6, 6.07) is 0. The quantitative estimate of drug-likeness (QED) is 0.266. The minimum Gasteiger partial charge on any atom is -0.463 e. The van der Waals surface area contributed by atoms with Crippen LogP contribution >= 0.6 is 0 Å². The Labute approximate surface area is 139 Å². The van der Waals surface area contributed by atoms with Gasteiger partial charge in [0.1, 0.15) is 0 Å². The summed E-state index contributed by atoms with van der Waals surface area (Å²) in [7, 11) is 4.32. The molecule has 0 saturated heterocycles. The van der Waals surface area contributed by atoms with E-state index in [4.69, 9.17) is 0 Å². The zero-order chi connectivity index (χ0) is 17.1. The normalized spacial score (nSPS) is 10.0. The SMILES string of the molecule is C=CC(=O)OCC.CCCCCCCCCCCCN(C)C. The number of ether oxygens (including phenoxy) is 1. The van der Waals surface area contributed by atoms with Crippen molar-refractivity contribution in [1.82, 2.24) is 4.90 Å². The van der Waals surface area contributed by atoms with Crippen LogP contribution < -0.4 is 0 Å². The van der Waals surface area contributed by atoms with Gasteiger partial charge >= 0.3 is 5.97 Å². The zero-order valence-corrected chi connectivity index (χ0v) is 15.5. The smallest absolute Gasteiger partial charge is 0.330 e. The molecule has 0 heterocycles. The molecule has 0 aliphatic rings. The molecule has 0 atom stereocenters. The maximum Gasteiger partial charge on any atom is 0.330 e. The van der Waals surface area contributed by atoms with Crippen LogP contribution in [-0.2, 0) is 9.53 Å². The van der Waals surface area contributed by atoms with Crippen LogP contribution in [0.15, 0.2) is 12.7 Å². The summed E-state index contributed by atoms with van der Waals surface area (Å²) in [4.78, 5) is 12.4. The molecule has 0 aromatic carbocycles. The summed E-state index contributed by atoms with van der Waals surface area (Å²) in [6.45, 7) is 8.92. The van der Waals surface area contributed by atoms with Gasteiger partial charge in [-0.2, -0.15) is 0 Å². The highest BCUT2D eigenvalue weighted by Crippen LogP contribution is 2.10. The lowest BCUT2D eigenvalue weighted by atomic mass is 10.1. The first-order chi connectivity index (χ1) is 10.6. The Morgan fingerprint density at radius 3 is 1.68 bits per heavy atom. The molecule has 0 aromatic rings. The van der Waals surface area contributed by atoms with E-state index >= 15 is 0 Å². The van der Waals surface area contributed by atoms with Gasteiger partial charge in [0.05, 0.1) is 6.61 Å². The third-order valence-corrected chi connectivity index (χ3v) is 3.41. The summed E-state index contributed by atoms with van der Waals surface area (Å²) < 4.78 is 4.43. The summed E-state index contributed by atoms with van der Waals surface area (Å²) in [5.74, 6) is -0.359. The Morgan fingerprint density at radius 2 is 1.36 bits per heavy atom. The number of rotatable bonds is 13. The fraction of sp³-hybridized carbons (Fsp3) is 0.842.